The first-order chi connectivity index (χ1) is 13.0. The van der Waals surface area contributed by atoms with Gasteiger partial charge in [-0.05, 0) is 55.4 Å². The summed E-state index contributed by atoms with van der Waals surface area (Å²) in [6.07, 6.45) is 0. The van der Waals surface area contributed by atoms with Gasteiger partial charge in [-0.25, -0.2) is 9.97 Å². The second kappa shape index (κ2) is 7.18. The molecule has 6 heteroatoms. The first-order valence-corrected chi connectivity index (χ1v) is 9.62. The Balaban J connectivity index is 2.01. The molecule has 2 aromatic carbocycles. The summed E-state index contributed by atoms with van der Waals surface area (Å²) in [6.45, 7) is 3.84. The van der Waals surface area contributed by atoms with E-state index in [4.69, 9.17) is 11.6 Å². The molecule has 0 radical (unpaired) electrons. The Bertz CT molecular complexity index is 1190. The van der Waals surface area contributed by atoms with Crippen LogP contribution in [-0.2, 0) is 0 Å². The predicted molar refractivity (Wildman–Crippen MR) is 111 cm³/mol. The van der Waals surface area contributed by atoms with Gasteiger partial charge in [0.25, 0.3) is 5.56 Å². The topological polar surface area (TPSA) is 58.6 Å². The summed E-state index contributed by atoms with van der Waals surface area (Å²) in [5, 5.41) is 2.06. The molecule has 4 nitrogen and oxygen atoms in total. The zero-order chi connectivity index (χ0) is 19.0. The molecule has 0 atom stereocenters. The van der Waals surface area contributed by atoms with Crippen LogP contribution in [-0.4, -0.2) is 15.0 Å². The Labute approximate surface area is 165 Å². The first kappa shape index (κ1) is 17.8. The smallest absolute Gasteiger partial charge is 0.263 e. The van der Waals surface area contributed by atoms with E-state index in [1.54, 1.807) is 6.07 Å². The van der Waals surface area contributed by atoms with E-state index in [2.05, 4.69) is 15.0 Å². The highest BCUT2D eigenvalue weighted by molar-refractivity contribution is 7.99. The number of benzene rings is 2. The van der Waals surface area contributed by atoms with Crippen molar-refractivity contribution in [1.29, 1.82) is 0 Å². The van der Waals surface area contributed by atoms with Gasteiger partial charge in [-0.2, -0.15) is 0 Å². The molecule has 0 aliphatic rings. The summed E-state index contributed by atoms with van der Waals surface area (Å²) in [4.78, 5) is 25.4. The van der Waals surface area contributed by atoms with E-state index in [-0.39, 0.29) is 5.56 Å². The summed E-state index contributed by atoms with van der Waals surface area (Å²) in [6, 6.07) is 17.2. The monoisotopic (exact) mass is 393 g/mol. The number of rotatable bonds is 3. The Morgan fingerprint density at radius 2 is 1.67 bits per heavy atom. The lowest BCUT2D eigenvalue weighted by atomic mass is 10.0. The second-order valence-electron chi connectivity index (χ2n) is 6.25. The number of aromatic nitrogens is 3. The number of H-pyrrole nitrogens is 1. The van der Waals surface area contributed by atoms with Crippen molar-refractivity contribution in [2.45, 2.75) is 23.9 Å². The van der Waals surface area contributed by atoms with E-state index < -0.39 is 0 Å². The molecular weight excluding hydrogens is 378 g/mol. The lowest BCUT2D eigenvalue weighted by molar-refractivity contribution is 0.901. The minimum atomic E-state index is -0.170. The number of fused-ring (bicyclic) bond motifs is 1. The average molecular weight is 394 g/mol. The van der Waals surface area contributed by atoms with Crippen molar-refractivity contribution in [3.8, 4) is 11.1 Å². The van der Waals surface area contributed by atoms with Gasteiger partial charge in [0.2, 0.25) is 0 Å². The molecule has 4 rings (SSSR count). The summed E-state index contributed by atoms with van der Waals surface area (Å²) >= 11 is 7.52. The van der Waals surface area contributed by atoms with Crippen LogP contribution in [0.5, 0.6) is 0 Å². The minimum Gasteiger partial charge on any atom is -0.321 e. The molecule has 2 aromatic heterocycles. The average Bonchev–Trinajstić information content (AvgIpc) is 2.63. The van der Waals surface area contributed by atoms with Gasteiger partial charge in [-0.1, -0.05) is 41.9 Å². The van der Waals surface area contributed by atoms with Gasteiger partial charge in [0.1, 0.15) is 0 Å². The summed E-state index contributed by atoms with van der Waals surface area (Å²) in [5.41, 5.74) is 4.09. The van der Waals surface area contributed by atoms with Gasteiger partial charge in [0.05, 0.1) is 4.90 Å². The fourth-order valence-corrected chi connectivity index (χ4v) is 4.27. The third-order valence-corrected chi connectivity index (χ3v) is 5.34. The van der Waals surface area contributed by atoms with Crippen molar-refractivity contribution in [1.82, 2.24) is 15.0 Å². The van der Waals surface area contributed by atoms with Crippen LogP contribution < -0.4 is 5.56 Å². The normalized spacial score (nSPS) is 11.1. The molecule has 0 saturated carbocycles. The molecule has 27 heavy (non-hydrogen) atoms. The predicted octanol–water partition coefficient (Wildman–Crippen LogP) is 5.41. The van der Waals surface area contributed by atoms with Gasteiger partial charge < -0.3 is 4.98 Å². The van der Waals surface area contributed by atoms with Gasteiger partial charge in [-0.15, -0.1) is 0 Å². The largest absolute Gasteiger partial charge is 0.321 e. The second-order valence-corrected chi connectivity index (χ2v) is 7.66. The van der Waals surface area contributed by atoms with E-state index in [9.17, 15) is 4.79 Å². The fraction of sp³-hybridized carbons (Fsp3) is 0.0952. The van der Waals surface area contributed by atoms with Crippen LogP contribution in [0, 0.1) is 13.8 Å². The van der Waals surface area contributed by atoms with E-state index in [0.29, 0.717) is 15.1 Å². The van der Waals surface area contributed by atoms with E-state index in [0.717, 1.165) is 33.4 Å². The van der Waals surface area contributed by atoms with Crippen molar-refractivity contribution >= 4 is 34.3 Å². The number of nitrogens with zero attached hydrogens (tertiary/aromatic N) is 2. The Morgan fingerprint density at radius 3 is 2.37 bits per heavy atom. The summed E-state index contributed by atoms with van der Waals surface area (Å²) in [7, 11) is 0. The maximum atomic E-state index is 12.9. The molecule has 0 bridgehead atoms. The molecule has 0 unspecified atom stereocenters. The summed E-state index contributed by atoms with van der Waals surface area (Å²) in [5.74, 6) is 0. The maximum Gasteiger partial charge on any atom is 0.263 e. The molecule has 0 saturated heterocycles. The van der Waals surface area contributed by atoms with E-state index >= 15 is 0 Å². The number of aromatic amines is 1. The van der Waals surface area contributed by atoms with E-state index in [1.807, 2.05) is 62.4 Å². The van der Waals surface area contributed by atoms with Crippen molar-refractivity contribution < 1.29 is 0 Å². The Kier molecular flexibility index (Phi) is 4.72. The standard InChI is InChI=1S/C21H16ClN3OS/c1-12-10-13(2)24-21(23-12)27-19-18(14-6-4-3-5-7-14)16-11-15(22)8-9-17(16)25-20(19)26/h3-11H,1-2H3,(H,25,26). The molecule has 0 fully saturated rings. The van der Waals surface area contributed by atoms with E-state index in [1.165, 1.54) is 11.8 Å². The first-order valence-electron chi connectivity index (χ1n) is 8.42. The lowest BCUT2D eigenvalue weighted by Gasteiger charge is -2.13. The van der Waals surface area contributed by atoms with Crippen molar-refractivity contribution in [3.05, 3.63) is 81.4 Å². The van der Waals surface area contributed by atoms with Crippen LogP contribution in [0.1, 0.15) is 11.4 Å². The number of hydrogen-bond donors (Lipinski definition) is 1. The molecule has 0 aliphatic heterocycles. The molecule has 0 amide bonds. The van der Waals surface area contributed by atoms with Gasteiger partial charge in [0.15, 0.2) is 5.16 Å². The van der Waals surface area contributed by atoms with Crippen molar-refractivity contribution in [2.75, 3.05) is 0 Å². The van der Waals surface area contributed by atoms with Crippen LogP contribution >= 0.6 is 23.4 Å². The van der Waals surface area contributed by atoms with Gasteiger partial charge >= 0.3 is 0 Å². The number of hydrogen-bond acceptors (Lipinski definition) is 4. The van der Waals surface area contributed by atoms with Crippen LogP contribution in [0.2, 0.25) is 5.02 Å². The molecule has 0 aliphatic carbocycles. The fourth-order valence-electron chi connectivity index (χ4n) is 3.07. The molecule has 0 spiro atoms. The van der Waals surface area contributed by atoms with Crippen LogP contribution in [0.15, 0.2) is 69.4 Å². The SMILES string of the molecule is Cc1cc(C)nc(Sc2c(-c3ccccc3)c3cc(Cl)ccc3[nH]c2=O)n1. The number of aryl methyl sites for hydroxylation is 2. The highest BCUT2D eigenvalue weighted by Gasteiger charge is 2.17. The van der Waals surface area contributed by atoms with Crippen LogP contribution in [0.3, 0.4) is 0 Å². The van der Waals surface area contributed by atoms with Crippen molar-refractivity contribution in [3.63, 3.8) is 0 Å². The molecular formula is C21H16ClN3OS. The number of nitrogens with one attached hydrogen (secondary N) is 1. The van der Waals surface area contributed by atoms with Crippen molar-refractivity contribution in [2.24, 2.45) is 0 Å². The minimum absolute atomic E-state index is 0.170. The molecule has 4 aromatic rings. The third kappa shape index (κ3) is 3.61. The van der Waals surface area contributed by atoms with Gasteiger partial charge in [-0.3, -0.25) is 4.79 Å². The number of pyridine rings is 1. The Morgan fingerprint density at radius 1 is 0.963 bits per heavy atom. The van der Waals surface area contributed by atoms with Gasteiger partial charge in [0, 0.05) is 32.9 Å². The summed E-state index contributed by atoms with van der Waals surface area (Å²) < 4.78 is 0. The molecule has 2 heterocycles. The zero-order valence-corrected chi connectivity index (χ0v) is 16.4. The third-order valence-electron chi connectivity index (χ3n) is 4.15. The van der Waals surface area contributed by atoms with Crippen LogP contribution in [0.4, 0.5) is 0 Å². The lowest BCUT2D eigenvalue weighted by Crippen LogP contribution is -2.11. The molecule has 1 N–H and O–H groups in total. The number of halogens is 1. The molecule has 134 valence electrons. The highest BCUT2D eigenvalue weighted by atomic mass is 35.5. The highest BCUT2D eigenvalue weighted by Crippen LogP contribution is 2.37. The quantitative estimate of drug-likeness (QED) is 0.473. The Hall–Kier alpha value is -2.63. The van der Waals surface area contributed by atoms with Crippen LogP contribution in [0.25, 0.3) is 22.0 Å². The zero-order valence-electron chi connectivity index (χ0n) is 14.8. The maximum absolute atomic E-state index is 12.9.